The van der Waals surface area contributed by atoms with Gasteiger partial charge >= 0.3 is 0 Å². The molecule has 2 aliphatic carbocycles. The summed E-state index contributed by atoms with van der Waals surface area (Å²) in [6.07, 6.45) is 11.0. The van der Waals surface area contributed by atoms with Gasteiger partial charge < -0.3 is 0 Å². The van der Waals surface area contributed by atoms with Crippen LogP contribution >= 0.6 is 9.24 Å². The van der Waals surface area contributed by atoms with Gasteiger partial charge in [0.1, 0.15) is 11.6 Å². The molecule has 1 atom stereocenters. The number of benzene rings is 1. The fourth-order valence-corrected chi connectivity index (χ4v) is 4.75. The number of hydrogen-bond donors (Lipinski definition) is 0. The first-order valence-corrected chi connectivity index (χ1v) is 9.03. The van der Waals surface area contributed by atoms with Gasteiger partial charge in [0, 0.05) is 5.56 Å². The molecule has 3 rings (SSSR count). The summed E-state index contributed by atoms with van der Waals surface area (Å²) >= 11 is 0. The van der Waals surface area contributed by atoms with Crippen molar-refractivity contribution in [3.8, 4) is 0 Å². The van der Waals surface area contributed by atoms with Crippen LogP contribution in [0.15, 0.2) is 6.07 Å². The maximum atomic E-state index is 15.1. The van der Waals surface area contributed by atoms with Gasteiger partial charge in [-0.2, -0.15) is 0 Å². The molecule has 0 aromatic heterocycles. The van der Waals surface area contributed by atoms with E-state index in [1.807, 2.05) is 0 Å². The second-order valence-electron chi connectivity index (χ2n) is 6.76. The highest BCUT2D eigenvalue weighted by Gasteiger charge is 2.29. The highest BCUT2D eigenvalue weighted by molar-refractivity contribution is 7.27. The van der Waals surface area contributed by atoms with Gasteiger partial charge in [-0.1, -0.05) is 38.5 Å². The van der Waals surface area contributed by atoms with Crippen LogP contribution in [0.3, 0.4) is 0 Å². The molecule has 2 fully saturated rings. The summed E-state index contributed by atoms with van der Waals surface area (Å²) < 4.78 is 29.5. The first-order chi connectivity index (χ1) is 10.2. The monoisotopic (exact) mass is 310 g/mol. The van der Waals surface area contributed by atoms with E-state index in [-0.39, 0.29) is 23.5 Å². The molecular weight excluding hydrogens is 285 g/mol. The zero-order valence-corrected chi connectivity index (χ0v) is 13.8. The lowest BCUT2D eigenvalue weighted by molar-refractivity contribution is 0.399. The summed E-state index contributed by atoms with van der Waals surface area (Å²) in [7, 11) is 2.56. The molecule has 0 amide bonds. The number of halogens is 2. The van der Waals surface area contributed by atoms with E-state index in [2.05, 4.69) is 9.24 Å². The van der Waals surface area contributed by atoms with Crippen LogP contribution in [0.1, 0.15) is 87.2 Å². The van der Waals surface area contributed by atoms with E-state index in [4.69, 9.17) is 0 Å². The smallest absolute Gasteiger partial charge is 0.133 e. The Hall–Kier alpha value is -0.490. The van der Waals surface area contributed by atoms with Gasteiger partial charge in [0.15, 0.2) is 0 Å². The fourth-order valence-electron chi connectivity index (χ4n) is 4.24. The molecule has 0 aliphatic heterocycles. The molecule has 21 heavy (non-hydrogen) atoms. The predicted octanol–water partition coefficient (Wildman–Crippen LogP) is 5.56. The van der Waals surface area contributed by atoms with Crippen molar-refractivity contribution >= 4 is 14.5 Å². The second kappa shape index (κ2) is 6.73. The van der Waals surface area contributed by atoms with Crippen molar-refractivity contribution in [3.05, 3.63) is 28.8 Å². The molecule has 0 N–H and O–H groups in total. The molecular formula is C18H25F2P. The lowest BCUT2D eigenvalue weighted by Crippen LogP contribution is -2.20. The van der Waals surface area contributed by atoms with E-state index in [0.29, 0.717) is 5.56 Å². The quantitative estimate of drug-likeness (QED) is 0.627. The largest absolute Gasteiger partial charge is 0.207 e. The third-order valence-corrected chi connectivity index (χ3v) is 5.83. The summed E-state index contributed by atoms with van der Waals surface area (Å²) in [5, 5.41) is 0.733. The molecule has 2 saturated carbocycles. The van der Waals surface area contributed by atoms with E-state index in [9.17, 15) is 4.39 Å². The van der Waals surface area contributed by atoms with Gasteiger partial charge in [-0.15, -0.1) is 9.24 Å². The first kappa shape index (κ1) is 15.4. The Bertz CT molecular complexity index is 458. The summed E-state index contributed by atoms with van der Waals surface area (Å²) in [4.78, 5) is 0. The van der Waals surface area contributed by atoms with Gasteiger partial charge in [-0.3, -0.25) is 0 Å². The first-order valence-electron chi connectivity index (χ1n) is 8.45. The predicted molar refractivity (Wildman–Crippen MR) is 87.4 cm³/mol. The average molecular weight is 310 g/mol. The highest BCUT2D eigenvalue weighted by Crippen LogP contribution is 2.40. The van der Waals surface area contributed by atoms with Crippen molar-refractivity contribution in [3.63, 3.8) is 0 Å². The Kier molecular flexibility index (Phi) is 4.94. The van der Waals surface area contributed by atoms with Crippen LogP contribution in [0.4, 0.5) is 8.78 Å². The Morgan fingerprint density at radius 3 is 1.76 bits per heavy atom. The summed E-state index contributed by atoms with van der Waals surface area (Å²) in [6.45, 7) is 0. The molecule has 0 heterocycles. The Morgan fingerprint density at radius 1 is 0.762 bits per heavy atom. The SMILES string of the molecule is Fc1cc(P)c(C2CCCCC2)c(F)c1C1CCCCC1. The third-order valence-electron chi connectivity index (χ3n) is 5.35. The molecule has 0 spiro atoms. The Balaban J connectivity index is 1.99. The molecule has 0 bridgehead atoms. The summed E-state index contributed by atoms with van der Waals surface area (Å²) in [6, 6.07) is 1.56. The molecule has 3 heteroatoms. The molecule has 1 aromatic carbocycles. The zero-order chi connectivity index (χ0) is 14.8. The van der Waals surface area contributed by atoms with Crippen molar-refractivity contribution in [2.24, 2.45) is 0 Å². The minimum atomic E-state index is -0.330. The van der Waals surface area contributed by atoms with Gasteiger partial charge in [0.05, 0.1) is 0 Å². The topological polar surface area (TPSA) is 0 Å². The van der Waals surface area contributed by atoms with Crippen LogP contribution in [0, 0.1) is 11.6 Å². The van der Waals surface area contributed by atoms with Crippen LogP contribution in [0.5, 0.6) is 0 Å². The summed E-state index contributed by atoms with van der Waals surface area (Å²) in [5.41, 5.74) is 1.18. The minimum Gasteiger partial charge on any atom is -0.207 e. The van der Waals surface area contributed by atoms with E-state index < -0.39 is 0 Å². The van der Waals surface area contributed by atoms with E-state index in [1.165, 1.54) is 25.7 Å². The molecule has 116 valence electrons. The van der Waals surface area contributed by atoms with E-state index in [1.54, 1.807) is 6.07 Å². The minimum absolute atomic E-state index is 0.0895. The third kappa shape index (κ3) is 3.16. The van der Waals surface area contributed by atoms with Crippen molar-refractivity contribution in [2.75, 3.05) is 0 Å². The van der Waals surface area contributed by atoms with Crippen LogP contribution in [-0.4, -0.2) is 0 Å². The lowest BCUT2D eigenvalue weighted by atomic mass is 9.79. The second-order valence-corrected chi connectivity index (χ2v) is 7.38. The van der Waals surface area contributed by atoms with Crippen molar-refractivity contribution in [1.82, 2.24) is 0 Å². The molecule has 0 radical (unpaired) electrons. The molecule has 1 unspecified atom stereocenters. The fraction of sp³-hybridized carbons (Fsp3) is 0.667. The van der Waals surface area contributed by atoms with Gasteiger partial charge in [0.25, 0.3) is 0 Å². The zero-order valence-electron chi connectivity index (χ0n) is 12.6. The van der Waals surface area contributed by atoms with E-state index >= 15 is 4.39 Å². The maximum absolute atomic E-state index is 15.1. The van der Waals surface area contributed by atoms with Gasteiger partial charge in [0.2, 0.25) is 0 Å². The van der Waals surface area contributed by atoms with Crippen LogP contribution < -0.4 is 5.30 Å². The highest BCUT2D eigenvalue weighted by atomic mass is 31.0. The van der Waals surface area contributed by atoms with Gasteiger partial charge in [-0.25, -0.2) is 8.78 Å². The van der Waals surface area contributed by atoms with Crippen molar-refractivity contribution < 1.29 is 8.78 Å². The van der Waals surface area contributed by atoms with Gasteiger partial charge in [-0.05, 0) is 54.5 Å². The molecule has 0 nitrogen and oxygen atoms in total. The lowest BCUT2D eigenvalue weighted by Gasteiger charge is -2.28. The van der Waals surface area contributed by atoms with Crippen LogP contribution in [0.25, 0.3) is 0 Å². The Labute approximate surface area is 128 Å². The molecule has 2 aliphatic rings. The summed E-state index contributed by atoms with van der Waals surface area (Å²) in [5.74, 6) is -0.177. The molecule has 1 aromatic rings. The van der Waals surface area contributed by atoms with Crippen molar-refractivity contribution in [2.45, 2.75) is 76.0 Å². The number of hydrogen-bond acceptors (Lipinski definition) is 0. The maximum Gasteiger partial charge on any atom is 0.133 e. The van der Waals surface area contributed by atoms with Crippen LogP contribution in [0.2, 0.25) is 0 Å². The van der Waals surface area contributed by atoms with Crippen LogP contribution in [-0.2, 0) is 0 Å². The molecule has 0 saturated heterocycles. The average Bonchev–Trinajstić information content (AvgIpc) is 2.49. The van der Waals surface area contributed by atoms with Crippen molar-refractivity contribution in [1.29, 1.82) is 0 Å². The Morgan fingerprint density at radius 2 is 1.24 bits per heavy atom. The standard InChI is InChI=1S/C18H25F2P/c19-14-11-15(21)17(13-9-5-2-6-10-13)18(20)16(14)12-7-3-1-4-8-12/h11-13H,1-10,21H2. The van der Waals surface area contributed by atoms with E-state index in [0.717, 1.165) is 49.4 Å². The normalized spacial score (nSPS) is 21.7. The number of rotatable bonds is 2.